The molecule has 1 aromatic heterocycles. The van der Waals surface area contributed by atoms with Crippen molar-refractivity contribution in [1.29, 1.82) is 0 Å². The monoisotopic (exact) mass is 215 g/mol. The summed E-state index contributed by atoms with van der Waals surface area (Å²) in [5.74, 6) is 1.45. The number of nitrogen functional groups attached to an aromatic ring is 2. The van der Waals surface area contributed by atoms with Gasteiger partial charge >= 0.3 is 0 Å². The molecular formula is C12H13N3O. The van der Waals surface area contributed by atoms with Crippen LogP contribution in [0.15, 0.2) is 36.4 Å². The predicted molar refractivity (Wildman–Crippen MR) is 64.3 cm³/mol. The molecule has 1 aromatic carbocycles. The van der Waals surface area contributed by atoms with Gasteiger partial charge in [-0.15, -0.1) is 0 Å². The van der Waals surface area contributed by atoms with E-state index in [9.17, 15) is 0 Å². The number of rotatable bonds is 2. The summed E-state index contributed by atoms with van der Waals surface area (Å²) < 4.78 is 5.52. The fourth-order valence-corrected chi connectivity index (χ4v) is 1.25. The second-order valence-electron chi connectivity index (χ2n) is 3.54. The van der Waals surface area contributed by atoms with Gasteiger partial charge in [-0.1, -0.05) is 17.7 Å². The number of nitrogens with two attached hydrogens (primary N) is 2. The number of hydrogen-bond donors (Lipinski definition) is 2. The van der Waals surface area contributed by atoms with E-state index in [0.717, 1.165) is 5.75 Å². The van der Waals surface area contributed by atoms with Gasteiger partial charge in [0.1, 0.15) is 5.75 Å². The average Bonchev–Trinajstić information content (AvgIpc) is 2.27. The second kappa shape index (κ2) is 4.10. The van der Waals surface area contributed by atoms with Crippen LogP contribution in [0.25, 0.3) is 0 Å². The molecule has 0 saturated heterocycles. The molecule has 1 heterocycles. The van der Waals surface area contributed by atoms with Crippen molar-refractivity contribution in [1.82, 2.24) is 4.98 Å². The van der Waals surface area contributed by atoms with Gasteiger partial charge < -0.3 is 16.2 Å². The van der Waals surface area contributed by atoms with Gasteiger partial charge in [0.15, 0.2) is 5.82 Å². The zero-order chi connectivity index (χ0) is 11.5. The van der Waals surface area contributed by atoms with Gasteiger partial charge in [-0.25, -0.2) is 0 Å². The zero-order valence-electron chi connectivity index (χ0n) is 8.97. The molecule has 0 radical (unpaired) electrons. The lowest BCUT2D eigenvalue weighted by molar-refractivity contribution is 0.464. The van der Waals surface area contributed by atoms with Crippen molar-refractivity contribution in [3.63, 3.8) is 0 Å². The number of aromatic nitrogens is 1. The third-order valence-corrected chi connectivity index (χ3v) is 2.18. The molecule has 0 atom stereocenters. The van der Waals surface area contributed by atoms with Gasteiger partial charge in [0.25, 0.3) is 0 Å². The van der Waals surface area contributed by atoms with Crippen molar-refractivity contribution in [3.8, 4) is 11.6 Å². The molecule has 0 aliphatic heterocycles. The lowest BCUT2D eigenvalue weighted by Crippen LogP contribution is -1.98. The van der Waals surface area contributed by atoms with Crippen molar-refractivity contribution in [2.75, 3.05) is 11.5 Å². The number of pyridine rings is 1. The lowest BCUT2D eigenvalue weighted by atomic mass is 10.2. The van der Waals surface area contributed by atoms with E-state index in [0.29, 0.717) is 11.6 Å². The predicted octanol–water partition coefficient (Wildman–Crippen LogP) is 2.35. The summed E-state index contributed by atoms with van der Waals surface area (Å²) in [6, 6.07) is 11.1. The molecule has 0 bridgehead atoms. The number of aryl methyl sites for hydroxylation is 1. The normalized spacial score (nSPS) is 10.1. The minimum atomic E-state index is 0.282. The molecule has 4 heteroatoms. The molecule has 0 fully saturated rings. The number of nitrogens with zero attached hydrogens (tertiary/aromatic N) is 1. The van der Waals surface area contributed by atoms with Gasteiger partial charge in [0.2, 0.25) is 5.88 Å². The van der Waals surface area contributed by atoms with Crippen LogP contribution < -0.4 is 16.2 Å². The molecule has 0 amide bonds. The molecule has 0 aliphatic carbocycles. The van der Waals surface area contributed by atoms with E-state index in [1.165, 1.54) is 5.56 Å². The van der Waals surface area contributed by atoms with Gasteiger partial charge in [0, 0.05) is 6.07 Å². The van der Waals surface area contributed by atoms with Crippen LogP contribution in [0, 0.1) is 6.92 Å². The Kier molecular flexibility index (Phi) is 2.64. The van der Waals surface area contributed by atoms with Crippen LogP contribution in [-0.2, 0) is 0 Å². The van der Waals surface area contributed by atoms with Crippen molar-refractivity contribution < 1.29 is 4.74 Å². The van der Waals surface area contributed by atoms with Crippen molar-refractivity contribution in [2.45, 2.75) is 6.92 Å². The van der Waals surface area contributed by atoms with Crippen molar-refractivity contribution in [3.05, 3.63) is 42.0 Å². The first-order valence-corrected chi connectivity index (χ1v) is 4.91. The highest BCUT2D eigenvalue weighted by Crippen LogP contribution is 2.22. The number of benzene rings is 1. The number of hydrogen-bond acceptors (Lipinski definition) is 4. The SMILES string of the molecule is Cc1ccc(Oc2ccc(N)c(N)n2)cc1. The first-order valence-electron chi connectivity index (χ1n) is 4.91. The smallest absolute Gasteiger partial charge is 0.221 e. The van der Waals surface area contributed by atoms with Crippen LogP contribution in [0.4, 0.5) is 11.5 Å². The number of ether oxygens (including phenoxy) is 1. The summed E-state index contributed by atoms with van der Waals surface area (Å²) in [6.07, 6.45) is 0. The third-order valence-electron chi connectivity index (χ3n) is 2.18. The summed E-state index contributed by atoms with van der Waals surface area (Å²) in [5, 5.41) is 0. The molecule has 4 N–H and O–H groups in total. The summed E-state index contributed by atoms with van der Waals surface area (Å²) in [4.78, 5) is 4.02. The fraction of sp³-hybridized carbons (Fsp3) is 0.0833. The van der Waals surface area contributed by atoms with E-state index in [4.69, 9.17) is 16.2 Å². The molecule has 4 nitrogen and oxygen atoms in total. The van der Waals surface area contributed by atoms with E-state index in [-0.39, 0.29) is 5.82 Å². The lowest BCUT2D eigenvalue weighted by Gasteiger charge is -2.06. The Labute approximate surface area is 93.9 Å². The van der Waals surface area contributed by atoms with Gasteiger partial charge in [-0.05, 0) is 25.1 Å². The van der Waals surface area contributed by atoms with E-state index in [1.54, 1.807) is 12.1 Å². The minimum absolute atomic E-state index is 0.282. The largest absolute Gasteiger partial charge is 0.439 e. The number of anilines is 2. The van der Waals surface area contributed by atoms with Crippen LogP contribution in [0.3, 0.4) is 0 Å². The maximum Gasteiger partial charge on any atom is 0.221 e. The van der Waals surface area contributed by atoms with Gasteiger partial charge in [-0.3, -0.25) is 0 Å². The summed E-state index contributed by atoms with van der Waals surface area (Å²) in [6.45, 7) is 2.02. The van der Waals surface area contributed by atoms with Crippen LogP contribution in [0.2, 0.25) is 0 Å². The van der Waals surface area contributed by atoms with E-state index >= 15 is 0 Å². The Morgan fingerprint density at radius 3 is 2.31 bits per heavy atom. The van der Waals surface area contributed by atoms with Crippen LogP contribution in [-0.4, -0.2) is 4.98 Å². The molecule has 2 aromatic rings. The highest BCUT2D eigenvalue weighted by molar-refractivity contribution is 5.58. The van der Waals surface area contributed by atoms with Crippen molar-refractivity contribution in [2.24, 2.45) is 0 Å². The first kappa shape index (κ1) is 10.3. The Balaban J connectivity index is 2.20. The topological polar surface area (TPSA) is 74.2 Å². The van der Waals surface area contributed by atoms with Crippen LogP contribution in [0.1, 0.15) is 5.56 Å². The van der Waals surface area contributed by atoms with E-state index < -0.39 is 0 Å². The minimum Gasteiger partial charge on any atom is -0.439 e. The third kappa shape index (κ3) is 2.23. The maximum atomic E-state index is 5.58. The molecule has 16 heavy (non-hydrogen) atoms. The maximum absolute atomic E-state index is 5.58. The second-order valence-corrected chi connectivity index (χ2v) is 3.54. The Hall–Kier alpha value is -2.23. The van der Waals surface area contributed by atoms with E-state index in [2.05, 4.69) is 4.98 Å². The average molecular weight is 215 g/mol. The molecule has 0 saturated carbocycles. The molecule has 0 aliphatic rings. The molecule has 2 rings (SSSR count). The Morgan fingerprint density at radius 1 is 1.00 bits per heavy atom. The highest BCUT2D eigenvalue weighted by Gasteiger charge is 2.01. The summed E-state index contributed by atoms with van der Waals surface area (Å²) in [5.41, 5.74) is 12.8. The Morgan fingerprint density at radius 2 is 1.69 bits per heavy atom. The van der Waals surface area contributed by atoms with E-state index in [1.807, 2.05) is 31.2 Å². The molecule has 82 valence electrons. The molecule has 0 spiro atoms. The molecular weight excluding hydrogens is 202 g/mol. The van der Waals surface area contributed by atoms with Crippen molar-refractivity contribution >= 4 is 11.5 Å². The Bertz CT molecular complexity index is 494. The summed E-state index contributed by atoms with van der Waals surface area (Å²) >= 11 is 0. The quantitative estimate of drug-likeness (QED) is 0.806. The van der Waals surface area contributed by atoms with Gasteiger partial charge in [0.05, 0.1) is 5.69 Å². The standard InChI is InChI=1S/C12H13N3O/c1-8-2-4-9(5-3-8)16-11-7-6-10(13)12(14)15-11/h2-7H,13H2,1H3,(H2,14,15). The van der Waals surface area contributed by atoms with Gasteiger partial charge in [-0.2, -0.15) is 4.98 Å². The summed E-state index contributed by atoms with van der Waals surface area (Å²) in [7, 11) is 0. The zero-order valence-corrected chi connectivity index (χ0v) is 8.97. The highest BCUT2D eigenvalue weighted by atomic mass is 16.5. The first-order chi connectivity index (χ1) is 7.65. The fourth-order valence-electron chi connectivity index (χ4n) is 1.25. The van der Waals surface area contributed by atoms with Crippen LogP contribution >= 0.6 is 0 Å². The molecule has 0 unspecified atom stereocenters. The van der Waals surface area contributed by atoms with Crippen LogP contribution in [0.5, 0.6) is 11.6 Å².